The number of amides is 1. The van der Waals surface area contributed by atoms with Crippen LogP contribution < -0.4 is 10.1 Å². The van der Waals surface area contributed by atoms with Crippen LogP contribution in [0.3, 0.4) is 0 Å². The second-order valence-corrected chi connectivity index (χ2v) is 7.72. The van der Waals surface area contributed by atoms with Crippen molar-refractivity contribution in [3.8, 4) is 6.01 Å². The van der Waals surface area contributed by atoms with Crippen LogP contribution in [-0.2, 0) is 6.54 Å². The van der Waals surface area contributed by atoms with E-state index in [2.05, 4.69) is 31.2 Å². The number of aromatic nitrogens is 3. The van der Waals surface area contributed by atoms with E-state index in [1.54, 1.807) is 36.9 Å². The number of hydrogen-bond donors (Lipinski definition) is 1. The second-order valence-electron chi connectivity index (χ2n) is 6.60. The molecule has 0 bridgehead atoms. The van der Waals surface area contributed by atoms with Crippen molar-refractivity contribution in [3.63, 3.8) is 0 Å². The number of methoxy groups -OCH3 is 1. The van der Waals surface area contributed by atoms with Gasteiger partial charge in [0, 0.05) is 41.6 Å². The van der Waals surface area contributed by atoms with E-state index in [-0.39, 0.29) is 5.91 Å². The Kier molecular flexibility index (Phi) is 5.59. The molecule has 1 N–H and O–H groups in total. The van der Waals surface area contributed by atoms with E-state index in [1.807, 2.05) is 24.5 Å². The zero-order valence-electron chi connectivity index (χ0n) is 15.5. The number of hydrogen-bond acceptors (Lipinski definition) is 7. The molecule has 28 heavy (non-hydrogen) atoms. The lowest BCUT2D eigenvalue weighted by molar-refractivity contribution is 0.103. The smallest absolute Gasteiger partial charge is 0.316 e. The molecule has 3 aromatic rings. The fourth-order valence-corrected chi connectivity index (χ4v) is 4.46. The summed E-state index contributed by atoms with van der Waals surface area (Å²) in [5, 5.41) is 2.89. The molecule has 4 rings (SSSR count). The van der Waals surface area contributed by atoms with Crippen molar-refractivity contribution in [1.82, 2.24) is 19.9 Å². The van der Waals surface area contributed by atoms with Gasteiger partial charge in [0.2, 0.25) is 0 Å². The third kappa shape index (κ3) is 4.18. The number of thiophene rings is 1. The Hall–Kier alpha value is -2.84. The number of nitrogens with one attached hydrogen (secondary N) is 1. The molecule has 4 heterocycles. The molecule has 1 aliphatic rings. The fraction of sp³-hybridized carbons (Fsp3) is 0.300. The minimum atomic E-state index is -0.0997. The van der Waals surface area contributed by atoms with Crippen molar-refractivity contribution in [2.45, 2.75) is 25.4 Å². The summed E-state index contributed by atoms with van der Waals surface area (Å²) >= 11 is 1.55. The lowest BCUT2D eigenvalue weighted by Crippen LogP contribution is -2.22. The monoisotopic (exact) mass is 395 g/mol. The molecule has 1 atom stereocenters. The van der Waals surface area contributed by atoms with E-state index in [0.29, 0.717) is 22.6 Å². The van der Waals surface area contributed by atoms with Crippen molar-refractivity contribution in [1.29, 1.82) is 0 Å². The van der Waals surface area contributed by atoms with Gasteiger partial charge in [-0.05, 0) is 43.7 Å². The van der Waals surface area contributed by atoms with Crippen LogP contribution in [0, 0.1) is 0 Å². The summed E-state index contributed by atoms with van der Waals surface area (Å²) in [5.74, 6) is -0.0997. The van der Waals surface area contributed by atoms with Crippen molar-refractivity contribution < 1.29 is 9.53 Å². The van der Waals surface area contributed by atoms with Crippen LogP contribution in [0.15, 0.2) is 49.1 Å². The maximum atomic E-state index is 12.5. The quantitative estimate of drug-likeness (QED) is 0.688. The summed E-state index contributed by atoms with van der Waals surface area (Å²) in [7, 11) is 1.56. The molecule has 1 amide bonds. The van der Waals surface area contributed by atoms with Gasteiger partial charge >= 0.3 is 6.01 Å². The molecule has 0 aromatic carbocycles. The largest absolute Gasteiger partial charge is 0.467 e. The molecule has 1 fully saturated rings. The molecule has 0 saturated carbocycles. The van der Waals surface area contributed by atoms with Crippen LogP contribution >= 0.6 is 11.3 Å². The molecule has 1 saturated heterocycles. The van der Waals surface area contributed by atoms with E-state index >= 15 is 0 Å². The number of anilines is 1. The maximum absolute atomic E-state index is 12.5. The molecule has 7 nitrogen and oxygen atoms in total. The fourth-order valence-electron chi connectivity index (χ4n) is 3.39. The second kappa shape index (κ2) is 8.45. The topological polar surface area (TPSA) is 80.2 Å². The molecule has 0 spiro atoms. The summed E-state index contributed by atoms with van der Waals surface area (Å²) < 4.78 is 5.02. The highest BCUT2D eigenvalue weighted by molar-refractivity contribution is 7.14. The van der Waals surface area contributed by atoms with Crippen molar-refractivity contribution in [2.75, 3.05) is 19.0 Å². The molecule has 8 heteroatoms. The molecule has 3 aromatic heterocycles. The highest BCUT2D eigenvalue weighted by Crippen LogP contribution is 2.37. The Balaban J connectivity index is 1.43. The highest BCUT2D eigenvalue weighted by Gasteiger charge is 2.28. The van der Waals surface area contributed by atoms with Crippen LogP contribution in [-0.4, -0.2) is 39.4 Å². The lowest BCUT2D eigenvalue weighted by atomic mass is 10.2. The van der Waals surface area contributed by atoms with Gasteiger partial charge in [0.1, 0.15) is 0 Å². The Morgan fingerprint density at radius 2 is 2.14 bits per heavy atom. The van der Waals surface area contributed by atoms with Gasteiger partial charge in [0.25, 0.3) is 5.91 Å². The van der Waals surface area contributed by atoms with Gasteiger partial charge in [-0.2, -0.15) is 0 Å². The SMILES string of the molecule is COc1ncc(CN2CCCC2c2ccc(C(=O)Nc3cccnc3)s2)cn1. The Morgan fingerprint density at radius 3 is 2.89 bits per heavy atom. The Labute approximate surface area is 167 Å². The average Bonchev–Trinajstić information content (AvgIpc) is 3.39. The molecule has 1 unspecified atom stereocenters. The van der Waals surface area contributed by atoms with Crippen LogP contribution in [0.5, 0.6) is 6.01 Å². The molecular formula is C20H21N5O2S. The average molecular weight is 395 g/mol. The molecular weight excluding hydrogens is 374 g/mol. The van der Waals surface area contributed by atoms with E-state index in [1.165, 1.54) is 4.88 Å². The Bertz CT molecular complexity index is 929. The number of nitrogens with zero attached hydrogens (tertiary/aromatic N) is 4. The number of carbonyl (C=O) groups is 1. The molecule has 0 aliphatic carbocycles. The number of carbonyl (C=O) groups excluding carboxylic acids is 1. The van der Waals surface area contributed by atoms with Gasteiger partial charge in [-0.3, -0.25) is 14.7 Å². The van der Waals surface area contributed by atoms with E-state index in [0.717, 1.165) is 31.5 Å². The standard InChI is InChI=1S/C20H21N5O2S/c1-27-20-22-10-14(11-23-20)13-25-9-3-5-16(25)17-6-7-18(28-17)19(26)24-15-4-2-8-21-12-15/h2,4,6-8,10-12,16H,3,5,9,13H2,1H3,(H,24,26). The molecule has 0 radical (unpaired) electrons. The first kappa shape index (κ1) is 18.5. The van der Waals surface area contributed by atoms with Crippen LogP contribution in [0.25, 0.3) is 0 Å². The van der Waals surface area contributed by atoms with Gasteiger partial charge in [-0.25, -0.2) is 9.97 Å². The normalized spacial score (nSPS) is 16.8. The lowest BCUT2D eigenvalue weighted by Gasteiger charge is -2.23. The first-order valence-electron chi connectivity index (χ1n) is 9.13. The molecule has 144 valence electrons. The van der Waals surface area contributed by atoms with E-state index in [4.69, 9.17) is 4.74 Å². The number of likely N-dealkylation sites (tertiary alicyclic amines) is 1. The number of pyridine rings is 1. The van der Waals surface area contributed by atoms with Crippen molar-refractivity contribution in [3.05, 3.63) is 64.4 Å². The van der Waals surface area contributed by atoms with E-state index in [9.17, 15) is 4.79 Å². The predicted octanol–water partition coefficient (Wildman–Crippen LogP) is 3.53. The van der Waals surface area contributed by atoms with Crippen molar-refractivity contribution >= 4 is 22.9 Å². The van der Waals surface area contributed by atoms with Gasteiger partial charge in [0.15, 0.2) is 0 Å². The summed E-state index contributed by atoms with van der Waals surface area (Å²) in [6.45, 7) is 1.80. The van der Waals surface area contributed by atoms with Crippen LogP contribution in [0.1, 0.15) is 39.0 Å². The maximum Gasteiger partial charge on any atom is 0.316 e. The number of rotatable bonds is 6. The zero-order chi connectivity index (χ0) is 19.3. The predicted molar refractivity (Wildman–Crippen MR) is 107 cm³/mol. The van der Waals surface area contributed by atoms with Gasteiger partial charge in [-0.15, -0.1) is 11.3 Å². The molecule has 1 aliphatic heterocycles. The summed E-state index contributed by atoms with van der Waals surface area (Å²) in [6.07, 6.45) is 9.16. The number of ether oxygens (including phenoxy) is 1. The van der Waals surface area contributed by atoms with Gasteiger partial charge < -0.3 is 10.1 Å². The minimum absolute atomic E-state index is 0.0997. The van der Waals surface area contributed by atoms with E-state index < -0.39 is 0 Å². The highest BCUT2D eigenvalue weighted by atomic mass is 32.1. The minimum Gasteiger partial charge on any atom is -0.467 e. The summed E-state index contributed by atoms with van der Waals surface area (Å²) in [4.78, 5) is 29.2. The summed E-state index contributed by atoms with van der Waals surface area (Å²) in [5.41, 5.74) is 1.75. The summed E-state index contributed by atoms with van der Waals surface area (Å²) in [6, 6.07) is 8.29. The Morgan fingerprint density at radius 1 is 1.29 bits per heavy atom. The van der Waals surface area contributed by atoms with Gasteiger partial charge in [0.05, 0.1) is 23.9 Å². The van der Waals surface area contributed by atoms with Crippen LogP contribution in [0.4, 0.5) is 5.69 Å². The zero-order valence-corrected chi connectivity index (χ0v) is 16.4. The van der Waals surface area contributed by atoms with Crippen molar-refractivity contribution in [2.24, 2.45) is 0 Å². The first-order chi connectivity index (χ1) is 13.7. The third-order valence-electron chi connectivity index (χ3n) is 4.71. The third-order valence-corrected chi connectivity index (χ3v) is 5.90. The van der Waals surface area contributed by atoms with Gasteiger partial charge in [-0.1, -0.05) is 0 Å². The first-order valence-corrected chi connectivity index (χ1v) is 9.94. The van der Waals surface area contributed by atoms with Crippen LogP contribution in [0.2, 0.25) is 0 Å².